The number of benzene rings is 3. The summed E-state index contributed by atoms with van der Waals surface area (Å²) in [6.45, 7) is 3.39. The summed E-state index contributed by atoms with van der Waals surface area (Å²) in [5.74, 6) is -0.460. The molecule has 0 bridgehead atoms. The first-order valence-corrected chi connectivity index (χ1v) is 9.85. The largest absolute Gasteiger partial charge is 0.573 e. The highest BCUT2D eigenvalue weighted by atomic mass is 19.4. The van der Waals surface area contributed by atoms with Gasteiger partial charge in [-0.2, -0.15) is 0 Å². The zero-order valence-corrected chi connectivity index (χ0v) is 17.8. The van der Waals surface area contributed by atoms with Gasteiger partial charge in [-0.3, -0.25) is 10.1 Å². The average molecular weight is 458 g/mol. The number of alkyl halides is 3. The van der Waals surface area contributed by atoms with E-state index in [0.29, 0.717) is 22.7 Å². The van der Waals surface area contributed by atoms with Gasteiger partial charge in [0, 0.05) is 11.4 Å². The van der Waals surface area contributed by atoms with Crippen LogP contribution < -0.4 is 20.1 Å². The fourth-order valence-electron chi connectivity index (χ4n) is 2.87. The molecule has 0 unspecified atom stereocenters. The molecule has 0 saturated heterocycles. The maximum atomic E-state index is 12.8. The monoisotopic (exact) mass is 458 g/mol. The van der Waals surface area contributed by atoms with E-state index in [1.165, 1.54) is 12.1 Å². The van der Waals surface area contributed by atoms with Gasteiger partial charge in [0.2, 0.25) is 5.91 Å². The van der Waals surface area contributed by atoms with Crippen LogP contribution in [0.3, 0.4) is 0 Å². The molecule has 0 atom stereocenters. The maximum Gasteiger partial charge on any atom is 0.573 e. The highest BCUT2D eigenvalue weighted by Crippen LogP contribution is 2.28. The van der Waals surface area contributed by atoms with Crippen LogP contribution in [0.15, 0.2) is 78.9 Å². The van der Waals surface area contributed by atoms with E-state index in [0.717, 1.165) is 12.1 Å². The van der Waals surface area contributed by atoms with E-state index in [1.807, 2.05) is 6.07 Å². The molecule has 3 rings (SSSR count). The predicted octanol–water partition coefficient (Wildman–Crippen LogP) is 6.11. The number of halogens is 3. The third-order valence-electron chi connectivity index (χ3n) is 4.72. The fourth-order valence-corrected chi connectivity index (χ4v) is 2.87. The van der Waals surface area contributed by atoms with Crippen LogP contribution in [-0.2, 0) is 10.2 Å². The Bertz CT molecular complexity index is 1100. The second kappa shape index (κ2) is 9.64. The normalized spacial score (nSPS) is 11.4. The highest BCUT2D eigenvalue weighted by molar-refractivity contribution is 5.98. The van der Waals surface area contributed by atoms with E-state index >= 15 is 0 Å². The lowest BCUT2D eigenvalue weighted by atomic mass is 9.83. The fraction of sp³-hybridized carbons (Fsp3) is 0.167. The summed E-state index contributed by atoms with van der Waals surface area (Å²) >= 11 is 0. The maximum absolute atomic E-state index is 12.8. The Morgan fingerprint density at radius 1 is 0.727 bits per heavy atom. The molecular weight excluding hydrogens is 437 g/mol. The molecule has 9 heteroatoms. The first kappa shape index (κ1) is 23.6. The summed E-state index contributed by atoms with van der Waals surface area (Å²) < 4.78 is 45.9. The van der Waals surface area contributed by atoms with E-state index in [-0.39, 0.29) is 11.7 Å². The summed E-state index contributed by atoms with van der Waals surface area (Å²) in [5, 5.41) is 5.27. The number of rotatable bonds is 6. The zero-order valence-electron chi connectivity index (χ0n) is 17.8. The molecule has 0 fully saturated rings. The van der Waals surface area contributed by atoms with Gasteiger partial charge >= 0.3 is 12.5 Å². The molecule has 172 valence electrons. The Kier molecular flexibility index (Phi) is 6.91. The molecule has 0 saturated carbocycles. The summed E-state index contributed by atoms with van der Waals surface area (Å²) in [7, 11) is 0. The molecule has 3 aromatic carbocycles. The van der Waals surface area contributed by atoms with E-state index in [1.54, 1.807) is 62.4 Å². The number of amides is 2. The molecule has 6 nitrogen and oxygen atoms in total. The molecule has 0 aliphatic rings. The van der Waals surface area contributed by atoms with Crippen molar-refractivity contribution in [2.75, 3.05) is 10.6 Å². The van der Waals surface area contributed by atoms with E-state index < -0.39 is 17.9 Å². The Hall–Kier alpha value is -4.01. The van der Waals surface area contributed by atoms with Crippen molar-refractivity contribution in [1.29, 1.82) is 0 Å². The second-order valence-corrected chi connectivity index (χ2v) is 7.56. The molecule has 2 N–H and O–H groups in total. The van der Waals surface area contributed by atoms with Crippen molar-refractivity contribution < 1.29 is 32.2 Å². The minimum absolute atomic E-state index is 0.295. The van der Waals surface area contributed by atoms with Crippen LogP contribution >= 0.6 is 0 Å². The SMILES string of the molecule is CC(C)(C(=O)Nc1ccc(OC(F)(F)F)cc1)c1ccc(OC(=O)Nc2ccccc2)cc1. The third-order valence-corrected chi connectivity index (χ3v) is 4.72. The molecule has 0 aromatic heterocycles. The molecule has 0 aliphatic heterocycles. The average Bonchev–Trinajstić information content (AvgIpc) is 2.75. The predicted molar refractivity (Wildman–Crippen MR) is 117 cm³/mol. The molecule has 0 aliphatic carbocycles. The minimum atomic E-state index is -4.79. The number of ether oxygens (including phenoxy) is 2. The lowest BCUT2D eigenvalue weighted by Gasteiger charge is -2.24. The minimum Gasteiger partial charge on any atom is -0.410 e. The summed E-state index contributed by atoms with van der Waals surface area (Å²) in [6, 6.07) is 20.1. The van der Waals surface area contributed by atoms with Gasteiger partial charge in [0.15, 0.2) is 0 Å². The van der Waals surface area contributed by atoms with Crippen LogP contribution in [0.4, 0.5) is 29.3 Å². The number of hydrogen-bond donors (Lipinski definition) is 2. The number of para-hydroxylation sites is 1. The van der Waals surface area contributed by atoms with Gasteiger partial charge in [-0.1, -0.05) is 30.3 Å². The van der Waals surface area contributed by atoms with Crippen molar-refractivity contribution in [2.45, 2.75) is 25.6 Å². The van der Waals surface area contributed by atoms with Crippen LogP contribution in [0, 0.1) is 0 Å². The first-order chi connectivity index (χ1) is 15.5. The Morgan fingerprint density at radius 2 is 1.27 bits per heavy atom. The molecule has 0 radical (unpaired) electrons. The van der Waals surface area contributed by atoms with Crippen molar-refractivity contribution in [3.63, 3.8) is 0 Å². The van der Waals surface area contributed by atoms with Gasteiger partial charge in [-0.05, 0) is 67.9 Å². The van der Waals surface area contributed by atoms with E-state index in [2.05, 4.69) is 15.4 Å². The zero-order chi connectivity index (χ0) is 24.1. The first-order valence-electron chi connectivity index (χ1n) is 9.85. The molecule has 0 heterocycles. The standard InChI is InChI=1S/C24H21F3N2O4/c1-23(2,21(30)28-18-10-14-20(15-11-18)33-24(25,26)27)16-8-12-19(13-9-16)32-22(31)29-17-6-4-3-5-7-17/h3-15H,1-2H3,(H,28,30)(H,29,31). The van der Waals surface area contributed by atoms with Crippen LogP contribution in [0.5, 0.6) is 11.5 Å². The smallest absolute Gasteiger partial charge is 0.410 e. The second-order valence-electron chi connectivity index (χ2n) is 7.56. The van der Waals surface area contributed by atoms with Gasteiger partial charge < -0.3 is 14.8 Å². The van der Waals surface area contributed by atoms with Crippen molar-refractivity contribution in [1.82, 2.24) is 0 Å². The van der Waals surface area contributed by atoms with E-state index in [9.17, 15) is 22.8 Å². The number of carbonyl (C=O) groups is 2. The van der Waals surface area contributed by atoms with E-state index in [4.69, 9.17) is 4.74 Å². The van der Waals surface area contributed by atoms with Crippen LogP contribution in [-0.4, -0.2) is 18.4 Å². The number of hydrogen-bond acceptors (Lipinski definition) is 4. The van der Waals surface area contributed by atoms with Crippen LogP contribution in [0.1, 0.15) is 19.4 Å². The van der Waals surface area contributed by atoms with Crippen LogP contribution in [0.25, 0.3) is 0 Å². The highest BCUT2D eigenvalue weighted by Gasteiger charge is 2.32. The van der Waals surface area contributed by atoms with Gasteiger partial charge in [-0.25, -0.2) is 4.79 Å². The van der Waals surface area contributed by atoms with Crippen LogP contribution in [0.2, 0.25) is 0 Å². The van der Waals surface area contributed by atoms with Crippen molar-refractivity contribution in [2.24, 2.45) is 0 Å². The number of nitrogens with one attached hydrogen (secondary N) is 2. The van der Waals surface area contributed by atoms with Crippen molar-refractivity contribution in [3.05, 3.63) is 84.4 Å². The number of anilines is 2. The molecular formula is C24H21F3N2O4. The third kappa shape index (κ3) is 6.73. The Labute approximate surface area is 188 Å². The van der Waals surface area contributed by atoms with Crippen molar-refractivity contribution >= 4 is 23.4 Å². The topological polar surface area (TPSA) is 76.7 Å². The molecule has 0 spiro atoms. The quantitative estimate of drug-likeness (QED) is 0.467. The van der Waals surface area contributed by atoms with Gasteiger partial charge in [0.05, 0.1) is 5.41 Å². The summed E-state index contributed by atoms with van der Waals surface area (Å²) in [5.41, 5.74) is 0.578. The van der Waals surface area contributed by atoms with Crippen molar-refractivity contribution in [3.8, 4) is 11.5 Å². The Balaban J connectivity index is 1.61. The number of carbonyl (C=O) groups excluding carboxylic acids is 2. The summed E-state index contributed by atoms with van der Waals surface area (Å²) in [4.78, 5) is 24.8. The molecule has 2 amide bonds. The molecule has 3 aromatic rings. The van der Waals surface area contributed by atoms with Gasteiger partial charge in [0.25, 0.3) is 0 Å². The summed E-state index contributed by atoms with van der Waals surface area (Å²) in [6.07, 6.45) is -5.44. The Morgan fingerprint density at radius 3 is 1.85 bits per heavy atom. The lowest BCUT2D eigenvalue weighted by Crippen LogP contribution is -2.34. The lowest BCUT2D eigenvalue weighted by molar-refractivity contribution is -0.274. The van der Waals surface area contributed by atoms with Gasteiger partial charge in [0.1, 0.15) is 11.5 Å². The molecule has 33 heavy (non-hydrogen) atoms. The van der Waals surface area contributed by atoms with Gasteiger partial charge in [-0.15, -0.1) is 13.2 Å².